The highest BCUT2D eigenvalue weighted by molar-refractivity contribution is 6.24. The van der Waals surface area contributed by atoms with Crippen LogP contribution < -0.4 is 5.73 Å². The number of hydrogen-bond donors (Lipinski definition) is 5. The molecule has 6 N–H and O–H groups in total. The lowest BCUT2D eigenvalue weighted by Gasteiger charge is -2.50. The Morgan fingerprint density at radius 2 is 1.86 bits per heavy atom. The molecule has 0 bridgehead atoms. The number of carbonyl (C=O) groups is 3. The maximum atomic E-state index is 13.8. The zero-order valence-electron chi connectivity index (χ0n) is 21.8. The van der Waals surface area contributed by atoms with E-state index in [-0.39, 0.29) is 35.1 Å². The van der Waals surface area contributed by atoms with E-state index in [1.54, 1.807) is 14.1 Å². The van der Waals surface area contributed by atoms with Crippen molar-refractivity contribution in [2.75, 3.05) is 14.1 Å². The third-order valence-electron chi connectivity index (χ3n) is 7.90. The molecule has 1 fully saturated rings. The van der Waals surface area contributed by atoms with Crippen LogP contribution in [0.1, 0.15) is 56.9 Å². The molecule has 37 heavy (non-hydrogen) atoms. The lowest BCUT2D eigenvalue weighted by Crippen LogP contribution is -2.65. The van der Waals surface area contributed by atoms with E-state index in [9.17, 15) is 34.8 Å². The smallest absolute Gasteiger partial charge is 0.255 e. The van der Waals surface area contributed by atoms with Crippen LogP contribution in [0.2, 0.25) is 0 Å². The summed E-state index contributed by atoms with van der Waals surface area (Å²) in [5, 5.41) is 44.4. The fourth-order valence-electron chi connectivity index (χ4n) is 6.20. The van der Waals surface area contributed by atoms with Crippen LogP contribution in [0.3, 0.4) is 0 Å². The number of hydrogen-bond acceptors (Lipinski definition) is 9. The topological polar surface area (TPSA) is 174 Å². The Hall–Kier alpha value is -3.24. The summed E-state index contributed by atoms with van der Waals surface area (Å²) >= 11 is 0. The van der Waals surface area contributed by atoms with Crippen molar-refractivity contribution in [1.82, 2.24) is 9.88 Å². The Morgan fingerprint density at radius 3 is 2.43 bits per heavy atom. The zero-order chi connectivity index (χ0) is 27.6. The summed E-state index contributed by atoms with van der Waals surface area (Å²) in [6, 6.07) is -1.11. The average molecular weight is 514 g/mol. The van der Waals surface area contributed by atoms with E-state index in [2.05, 4.69) is 25.8 Å². The maximum absolute atomic E-state index is 13.8. The van der Waals surface area contributed by atoms with Gasteiger partial charge in [0.2, 0.25) is 5.78 Å². The summed E-state index contributed by atoms with van der Waals surface area (Å²) in [5.41, 5.74) is 3.26. The zero-order valence-corrected chi connectivity index (χ0v) is 21.8. The fourth-order valence-corrected chi connectivity index (χ4v) is 6.20. The molecule has 10 nitrogen and oxygen atoms in total. The first-order valence-electron chi connectivity index (χ1n) is 12.5. The molecule has 1 saturated carbocycles. The Kier molecular flexibility index (Phi) is 6.49. The monoisotopic (exact) mass is 513 g/mol. The van der Waals surface area contributed by atoms with Gasteiger partial charge in [0.15, 0.2) is 11.4 Å². The maximum Gasteiger partial charge on any atom is 0.255 e. The van der Waals surface area contributed by atoms with E-state index >= 15 is 0 Å². The minimum Gasteiger partial charge on any atom is -0.508 e. The van der Waals surface area contributed by atoms with Gasteiger partial charge < -0.3 is 26.2 Å². The van der Waals surface area contributed by atoms with Crippen LogP contribution in [0.5, 0.6) is 5.75 Å². The van der Waals surface area contributed by atoms with Gasteiger partial charge in [-0.25, -0.2) is 0 Å². The molecule has 10 heteroatoms. The number of aryl methyl sites for hydroxylation is 1. The van der Waals surface area contributed by atoms with Gasteiger partial charge in [0.25, 0.3) is 5.91 Å². The standard InChI is InChI=1S/C27H35N3O7/c1-26(2,3)8-6-7-15-13-9-12-10-14-20(30(4)5)22(33)19(25(28)36)24(35)27(14,37)23(34)17(12)21(32)18(13)16(31)11-29-15/h11-12,14,20,31-32,35,37H,6-10H2,1-5H3,(H2,28,36)/t12-,14-,20-,27-/m0/s1. The van der Waals surface area contributed by atoms with Crippen LogP contribution in [0, 0.1) is 17.3 Å². The minimum atomic E-state index is -2.64. The second-order valence-corrected chi connectivity index (χ2v) is 11.8. The van der Waals surface area contributed by atoms with Crippen LogP contribution in [0.4, 0.5) is 0 Å². The number of ketones is 2. The average Bonchev–Trinajstić information content (AvgIpc) is 2.76. The van der Waals surface area contributed by atoms with E-state index in [4.69, 9.17) is 5.73 Å². The fraction of sp³-hybridized carbons (Fsp3) is 0.556. The molecule has 0 aliphatic heterocycles. The predicted octanol–water partition coefficient (Wildman–Crippen LogP) is 1.73. The molecule has 1 aromatic rings. The number of nitrogens with two attached hydrogens (primary N) is 1. The molecule has 200 valence electrons. The van der Waals surface area contributed by atoms with Crippen LogP contribution in [-0.4, -0.2) is 73.5 Å². The van der Waals surface area contributed by atoms with Gasteiger partial charge in [0, 0.05) is 17.2 Å². The molecule has 1 aromatic heterocycles. The number of primary amides is 1. The highest BCUT2D eigenvalue weighted by Gasteiger charge is 2.64. The molecule has 0 saturated heterocycles. The Bertz CT molecular complexity index is 1260. The number of aromatic nitrogens is 1. The molecule has 3 aliphatic carbocycles. The van der Waals surface area contributed by atoms with Crippen molar-refractivity contribution in [2.24, 2.45) is 23.0 Å². The normalized spacial score (nSPS) is 27.8. The molecular weight excluding hydrogens is 478 g/mol. The molecule has 4 rings (SSSR count). The third kappa shape index (κ3) is 4.12. The van der Waals surface area contributed by atoms with E-state index in [0.29, 0.717) is 17.7 Å². The Balaban J connectivity index is 1.86. The van der Waals surface area contributed by atoms with Gasteiger partial charge in [0.1, 0.15) is 22.8 Å². The first kappa shape index (κ1) is 26.8. The molecule has 0 radical (unpaired) electrons. The summed E-state index contributed by atoms with van der Waals surface area (Å²) < 4.78 is 0. The number of fused-ring (bicyclic) bond motifs is 3. The summed E-state index contributed by atoms with van der Waals surface area (Å²) in [6.07, 6.45) is 3.93. The quantitative estimate of drug-likeness (QED) is 0.367. The second kappa shape index (κ2) is 8.95. The first-order chi connectivity index (χ1) is 17.1. The van der Waals surface area contributed by atoms with Crippen molar-refractivity contribution in [1.29, 1.82) is 0 Å². The predicted molar refractivity (Wildman–Crippen MR) is 134 cm³/mol. The van der Waals surface area contributed by atoms with Crippen molar-refractivity contribution < 1.29 is 34.8 Å². The largest absolute Gasteiger partial charge is 0.508 e. The molecule has 3 aliphatic rings. The van der Waals surface area contributed by atoms with Crippen molar-refractivity contribution in [3.8, 4) is 5.75 Å². The van der Waals surface area contributed by atoms with Crippen LogP contribution in [-0.2, 0) is 27.2 Å². The van der Waals surface area contributed by atoms with Gasteiger partial charge in [-0.15, -0.1) is 0 Å². The highest BCUT2D eigenvalue weighted by atomic mass is 16.3. The minimum absolute atomic E-state index is 0.0584. The van der Waals surface area contributed by atoms with Crippen molar-refractivity contribution in [3.63, 3.8) is 0 Å². The number of rotatable bonds is 5. The molecule has 1 amide bonds. The number of likely N-dealkylation sites (N-methyl/N-ethyl adjacent to an activating group) is 1. The summed E-state index contributed by atoms with van der Waals surface area (Å²) in [7, 11) is 3.14. The van der Waals surface area contributed by atoms with E-state index in [1.165, 1.54) is 11.1 Å². The van der Waals surface area contributed by atoms with Crippen molar-refractivity contribution in [2.45, 2.75) is 64.5 Å². The van der Waals surface area contributed by atoms with Crippen LogP contribution in [0.15, 0.2) is 23.1 Å². The van der Waals surface area contributed by atoms with Crippen molar-refractivity contribution in [3.05, 3.63) is 39.9 Å². The number of aromatic hydroxyl groups is 1. The lowest BCUT2D eigenvalue weighted by molar-refractivity contribution is -0.153. The SMILES string of the molecule is CN(C)[C@@H]1C(=O)C(C(N)=O)=C(O)[C@@]2(O)C(=O)C3=C(O)c4c(O)cnc(CCCC(C)(C)C)c4C[C@H]3C[C@@H]12. The lowest BCUT2D eigenvalue weighted by atomic mass is 9.57. The molecule has 4 atom stereocenters. The second-order valence-electron chi connectivity index (χ2n) is 11.8. The molecule has 0 spiro atoms. The number of aliphatic hydroxyl groups is 3. The number of Topliss-reactive ketones (excluding diaryl/α,β-unsaturated/α-hetero) is 2. The first-order valence-corrected chi connectivity index (χ1v) is 12.5. The number of nitrogens with zero attached hydrogens (tertiary/aromatic N) is 2. The van der Waals surface area contributed by atoms with Crippen LogP contribution >= 0.6 is 0 Å². The number of carbonyl (C=O) groups excluding carboxylic acids is 3. The highest BCUT2D eigenvalue weighted by Crippen LogP contribution is 2.52. The summed E-state index contributed by atoms with van der Waals surface area (Å²) in [6.45, 7) is 6.42. The summed E-state index contributed by atoms with van der Waals surface area (Å²) in [4.78, 5) is 44.9. The van der Waals surface area contributed by atoms with Crippen molar-refractivity contribution >= 4 is 23.2 Å². The van der Waals surface area contributed by atoms with Gasteiger partial charge in [0.05, 0.1) is 17.8 Å². The molecule has 0 aromatic carbocycles. The van der Waals surface area contributed by atoms with E-state index < -0.39 is 58.0 Å². The Morgan fingerprint density at radius 1 is 1.22 bits per heavy atom. The summed E-state index contributed by atoms with van der Waals surface area (Å²) in [5.74, 6) is -6.63. The van der Waals surface area contributed by atoms with Gasteiger partial charge in [-0.1, -0.05) is 20.8 Å². The Labute approximate surface area is 215 Å². The number of aliphatic hydroxyl groups excluding tert-OH is 2. The molecule has 1 heterocycles. The third-order valence-corrected chi connectivity index (χ3v) is 7.90. The molecular formula is C27H35N3O7. The van der Waals surface area contributed by atoms with Gasteiger partial charge in [-0.05, 0) is 63.1 Å². The van der Waals surface area contributed by atoms with Gasteiger partial charge in [-0.2, -0.15) is 0 Å². The van der Waals surface area contributed by atoms with E-state index in [0.717, 1.165) is 12.8 Å². The van der Waals surface area contributed by atoms with Gasteiger partial charge in [-0.3, -0.25) is 24.3 Å². The number of amides is 1. The molecule has 0 unspecified atom stereocenters. The number of pyridine rings is 1. The van der Waals surface area contributed by atoms with Crippen LogP contribution in [0.25, 0.3) is 5.76 Å². The van der Waals surface area contributed by atoms with Gasteiger partial charge >= 0.3 is 0 Å². The van der Waals surface area contributed by atoms with E-state index in [1.807, 2.05) is 0 Å².